The summed E-state index contributed by atoms with van der Waals surface area (Å²) in [4.78, 5) is 13.9. The zero-order chi connectivity index (χ0) is 14.3. The van der Waals surface area contributed by atoms with Crippen LogP contribution in [0.5, 0.6) is 0 Å². The second-order valence-electron chi connectivity index (χ2n) is 5.46. The van der Waals surface area contributed by atoms with Gasteiger partial charge in [-0.25, -0.2) is 0 Å². The van der Waals surface area contributed by atoms with Gasteiger partial charge in [0.2, 0.25) is 5.91 Å². The molecule has 1 aromatic carbocycles. The topological polar surface area (TPSA) is 20.3 Å². The molecule has 2 nitrogen and oxygen atoms in total. The Balaban J connectivity index is 2.30. The zero-order valence-electron chi connectivity index (χ0n) is 12.4. The van der Waals surface area contributed by atoms with E-state index in [2.05, 4.69) is 32.9 Å². The van der Waals surface area contributed by atoms with Crippen molar-refractivity contribution in [2.45, 2.75) is 39.0 Å². The summed E-state index contributed by atoms with van der Waals surface area (Å²) in [5, 5.41) is 0. The molecular formula is C16H25NOS. The first kappa shape index (κ1) is 16.1. The van der Waals surface area contributed by atoms with Crippen molar-refractivity contribution >= 4 is 17.7 Å². The van der Waals surface area contributed by atoms with E-state index in [4.69, 9.17) is 0 Å². The van der Waals surface area contributed by atoms with E-state index in [9.17, 15) is 4.79 Å². The summed E-state index contributed by atoms with van der Waals surface area (Å²) >= 11 is 1.69. The molecule has 0 aliphatic rings. The van der Waals surface area contributed by atoms with Crippen LogP contribution in [0.2, 0.25) is 0 Å². The van der Waals surface area contributed by atoms with Gasteiger partial charge in [0, 0.05) is 18.8 Å². The molecule has 0 bridgehead atoms. The highest BCUT2D eigenvalue weighted by molar-refractivity contribution is 7.99. The Morgan fingerprint density at radius 1 is 1.21 bits per heavy atom. The van der Waals surface area contributed by atoms with Gasteiger partial charge in [-0.05, 0) is 24.8 Å². The predicted molar refractivity (Wildman–Crippen MR) is 84.3 cm³/mol. The summed E-state index contributed by atoms with van der Waals surface area (Å²) in [7, 11) is 1.92. The van der Waals surface area contributed by atoms with Crippen LogP contribution in [-0.2, 0) is 10.5 Å². The zero-order valence-corrected chi connectivity index (χ0v) is 13.2. The number of hydrogen-bond acceptors (Lipinski definition) is 2. The quantitative estimate of drug-likeness (QED) is 0.756. The molecule has 0 saturated heterocycles. The van der Waals surface area contributed by atoms with Crippen LogP contribution in [0.25, 0.3) is 0 Å². The molecule has 1 rings (SSSR count). The number of rotatable bonds is 7. The van der Waals surface area contributed by atoms with Crippen molar-refractivity contribution in [3.8, 4) is 0 Å². The van der Waals surface area contributed by atoms with Gasteiger partial charge in [0.1, 0.15) is 0 Å². The lowest BCUT2D eigenvalue weighted by molar-refractivity contribution is -0.129. The number of amides is 1. The van der Waals surface area contributed by atoms with Crippen molar-refractivity contribution in [3.63, 3.8) is 0 Å². The Morgan fingerprint density at radius 2 is 1.84 bits per heavy atom. The molecule has 106 valence electrons. The van der Waals surface area contributed by atoms with Crippen LogP contribution in [0.15, 0.2) is 30.3 Å². The van der Waals surface area contributed by atoms with E-state index < -0.39 is 0 Å². The van der Waals surface area contributed by atoms with Crippen LogP contribution < -0.4 is 0 Å². The molecule has 0 aliphatic carbocycles. The third-order valence-corrected chi connectivity index (χ3v) is 4.19. The van der Waals surface area contributed by atoms with Crippen LogP contribution >= 0.6 is 11.8 Å². The van der Waals surface area contributed by atoms with Crippen molar-refractivity contribution in [2.24, 2.45) is 5.92 Å². The molecule has 1 unspecified atom stereocenters. The van der Waals surface area contributed by atoms with Crippen LogP contribution in [0.3, 0.4) is 0 Å². The number of carbonyl (C=O) groups is 1. The summed E-state index contributed by atoms with van der Waals surface area (Å²) in [5.74, 6) is 2.32. The molecule has 19 heavy (non-hydrogen) atoms. The standard InChI is InChI=1S/C16H25NOS/c1-13(2)10-14(3)17(4)16(18)12-19-11-15-8-6-5-7-9-15/h5-9,13-14H,10-12H2,1-4H3. The highest BCUT2D eigenvalue weighted by Gasteiger charge is 2.16. The second-order valence-corrected chi connectivity index (χ2v) is 6.45. The van der Waals surface area contributed by atoms with Gasteiger partial charge in [0.25, 0.3) is 0 Å². The number of nitrogens with zero attached hydrogens (tertiary/aromatic N) is 1. The third kappa shape index (κ3) is 6.15. The van der Waals surface area contributed by atoms with E-state index in [1.54, 1.807) is 11.8 Å². The lowest BCUT2D eigenvalue weighted by atomic mass is 10.0. The highest BCUT2D eigenvalue weighted by atomic mass is 32.2. The van der Waals surface area contributed by atoms with Crippen molar-refractivity contribution in [1.29, 1.82) is 0 Å². The van der Waals surface area contributed by atoms with E-state index >= 15 is 0 Å². The first-order valence-corrected chi connectivity index (χ1v) is 8.03. The summed E-state index contributed by atoms with van der Waals surface area (Å²) in [6.45, 7) is 6.51. The van der Waals surface area contributed by atoms with Gasteiger partial charge in [-0.15, -0.1) is 11.8 Å². The van der Waals surface area contributed by atoms with Gasteiger partial charge in [-0.1, -0.05) is 44.2 Å². The lowest BCUT2D eigenvalue weighted by Crippen LogP contribution is -2.37. The predicted octanol–water partition coefficient (Wildman–Crippen LogP) is 3.81. The largest absolute Gasteiger partial charge is 0.342 e. The molecule has 0 aromatic heterocycles. The highest BCUT2D eigenvalue weighted by Crippen LogP contribution is 2.14. The fourth-order valence-corrected chi connectivity index (χ4v) is 2.93. The maximum atomic E-state index is 12.1. The van der Waals surface area contributed by atoms with Crippen LogP contribution in [0, 0.1) is 5.92 Å². The number of carbonyl (C=O) groups excluding carboxylic acids is 1. The smallest absolute Gasteiger partial charge is 0.232 e. The van der Waals surface area contributed by atoms with Crippen molar-refractivity contribution < 1.29 is 4.79 Å². The molecular weight excluding hydrogens is 254 g/mol. The Labute approximate surface area is 121 Å². The average Bonchev–Trinajstić information content (AvgIpc) is 2.38. The maximum absolute atomic E-state index is 12.1. The molecule has 0 N–H and O–H groups in total. The first-order chi connectivity index (χ1) is 9.00. The fraction of sp³-hybridized carbons (Fsp3) is 0.562. The van der Waals surface area contributed by atoms with E-state index in [1.807, 2.05) is 30.1 Å². The molecule has 0 fully saturated rings. The van der Waals surface area contributed by atoms with Crippen LogP contribution in [0.4, 0.5) is 0 Å². The lowest BCUT2D eigenvalue weighted by Gasteiger charge is -2.26. The van der Waals surface area contributed by atoms with E-state index in [0.29, 0.717) is 17.7 Å². The molecule has 1 atom stereocenters. The van der Waals surface area contributed by atoms with Gasteiger partial charge in [0.15, 0.2) is 0 Å². The summed E-state index contributed by atoms with van der Waals surface area (Å²) < 4.78 is 0. The van der Waals surface area contributed by atoms with Crippen molar-refractivity contribution in [3.05, 3.63) is 35.9 Å². The summed E-state index contributed by atoms with van der Waals surface area (Å²) in [6.07, 6.45) is 1.06. The number of thioether (sulfide) groups is 1. The van der Waals surface area contributed by atoms with Gasteiger partial charge >= 0.3 is 0 Å². The number of benzene rings is 1. The van der Waals surface area contributed by atoms with E-state index in [1.165, 1.54) is 5.56 Å². The maximum Gasteiger partial charge on any atom is 0.232 e. The molecule has 3 heteroatoms. The summed E-state index contributed by atoms with van der Waals surface area (Å²) in [5.41, 5.74) is 1.28. The summed E-state index contributed by atoms with van der Waals surface area (Å²) in [6, 6.07) is 10.6. The Hall–Kier alpha value is -0.960. The van der Waals surface area contributed by atoms with E-state index in [-0.39, 0.29) is 5.91 Å². The SMILES string of the molecule is CC(C)CC(C)N(C)C(=O)CSCc1ccccc1. The minimum atomic E-state index is 0.231. The molecule has 0 aliphatic heterocycles. The van der Waals surface area contributed by atoms with Crippen molar-refractivity contribution in [1.82, 2.24) is 4.90 Å². The van der Waals surface area contributed by atoms with Crippen LogP contribution in [0.1, 0.15) is 32.8 Å². The van der Waals surface area contributed by atoms with Gasteiger partial charge in [-0.3, -0.25) is 4.79 Å². The molecule has 0 radical (unpaired) electrons. The normalized spacial score (nSPS) is 12.5. The number of hydrogen-bond donors (Lipinski definition) is 0. The Kier molecular flexibility index (Phi) is 7.00. The van der Waals surface area contributed by atoms with Crippen LogP contribution in [-0.4, -0.2) is 29.6 Å². The van der Waals surface area contributed by atoms with E-state index in [0.717, 1.165) is 12.2 Å². The Bertz CT molecular complexity index is 378. The minimum absolute atomic E-state index is 0.231. The molecule has 1 amide bonds. The average molecular weight is 279 g/mol. The van der Waals surface area contributed by atoms with Crippen molar-refractivity contribution in [2.75, 3.05) is 12.8 Å². The second kappa shape index (κ2) is 8.26. The first-order valence-electron chi connectivity index (χ1n) is 6.88. The molecule has 1 aromatic rings. The Morgan fingerprint density at radius 3 is 2.42 bits per heavy atom. The minimum Gasteiger partial charge on any atom is -0.342 e. The molecule has 0 heterocycles. The molecule has 0 saturated carbocycles. The van der Waals surface area contributed by atoms with Gasteiger partial charge < -0.3 is 4.90 Å². The molecule has 0 spiro atoms. The monoisotopic (exact) mass is 279 g/mol. The third-order valence-electron chi connectivity index (χ3n) is 3.20. The fourth-order valence-electron chi connectivity index (χ4n) is 2.02. The van der Waals surface area contributed by atoms with Gasteiger partial charge in [0.05, 0.1) is 5.75 Å². The van der Waals surface area contributed by atoms with Gasteiger partial charge in [-0.2, -0.15) is 0 Å².